The highest BCUT2D eigenvalue weighted by atomic mass is 35.5. The number of halogens is 1. The van der Waals surface area contributed by atoms with Crippen LogP contribution in [0.4, 0.5) is 0 Å². The Morgan fingerprint density at radius 3 is 2.55 bits per heavy atom. The summed E-state index contributed by atoms with van der Waals surface area (Å²) in [7, 11) is 0. The Labute approximate surface area is 127 Å². The van der Waals surface area contributed by atoms with Gasteiger partial charge < -0.3 is 15.8 Å². The summed E-state index contributed by atoms with van der Waals surface area (Å²) in [5.41, 5.74) is 6.15. The van der Waals surface area contributed by atoms with Crippen molar-refractivity contribution in [3.05, 3.63) is 29.8 Å². The van der Waals surface area contributed by atoms with E-state index in [0.717, 1.165) is 25.2 Å². The second-order valence-corrected chi connectivity index (χ2v) is 4.78. The molecule has 0 radical (unpaired) electrons. The van der Waals surface area contributed by atoms with Crippen molar-refractivity contribution in [3.63, 3.8) is 0 Å². The first-order chi connectivity index (χ1) is 9.17. The number of rotatable bonds is 8. The van der Waals surface area contributed by atoms with Crippen LogP contribution in [0, 0.1) is 5.92 Å². The van der Waals surface area contributed by atoms with Gasteiger partial charge in [-0.1, -0.05) is 20.3 Å². The summed E-state index contributed by atoms with van der Waals surface area (Å²) < 4.78 is 5.55. The number of carbonyl (C=O) groups is 1. The van der Waals surface area contributed by atoms with E-state index in [-0.39, 0.29) is 18.3 Å². The van der Waals surface area contributed by atoms with E-state index in [1.54, 1.807) is 12.1 Å². The first kappa shape index (κ1) is 18.7. The molecule has 1 rings (SSSR count). The molecule has 1 aromatic rings. The van der Waals surface area contributed by atoms with Gasteiger partial charge in [-0.05, 0) is 43.1 Å². The van der Waals surface area contributed by atoms with Gasteiger partial charge in [-0.25, -0.2) is 0 Å². The summed E-state index contributed by atoms with van der Waals surface area (Å²) in [6.07, 6.45) is 2.15. The van der Waals surface area contributed by atoms with Crippen molar-refractivity contribution in [3.8, 4) is 5.75 Å². The van der Waals surface area contributed by atoms with Gasteiger partial charge in [-0.3, -0.25) is 4.79 Å². The largest absolute Gasteiger partial charge is 0.494 e. The molecule has 0 bridgehead atoms. The molecule has 0 aliphatic carbocycles. The molecule has 5 heteroatoms. The number of benzene rings is 1. The van der Waals surface area contributed by atoms with Gasteiger partial charge in [0.1, 0.15) is 5.75 Å². The second kappa shape index (κ2) is 10.5. The summed E-state index contributed by atoms with van der Waals surface area (Å²) in [6, 6.07) is 7.22. The molecule has 0 fully saturated rings. The number of amides is 1. The van der Waals surface area contributed by atoms with Crippen LogP contribution in [0.5, 0.6) is 5.75 Å². The minimum absolute atomic E-state index is 0. The normalized spacial score (nSPS) is 11.3. The van der Waals surface area contributed by atoms with Crippen molar-refractivity contribution in [2.45, 2.75) is 26.7 Å². The molecule has 1 unspecified atom stereocenters. The average Bonchev–Trinajstić information content (AvgIpc) is 2.45. The van der Waals surface area contributed by atoms with Crippen LogP contribution in [0.15, 0.2) is 24.3 Å². The molecule has 0 spiro atoms. The molecule has 0 aromatic heterocycles. The molecule has 1 atom stereocenters. The third kappa shape index (κ3) is 6.78. The Kier molecular flexibility index (Phi) is 9.86. The van der Waals surface area contributed by atoms with Gasteiger partial charge in [0.25, 0.3) is 5.91 Å². The van der Waals surface area contributed by atoms with Crippen LogP contribution in [-0.4, -0.2) is 25.6 Å². The van der Waals surface area contributed by atoms with Gasteiger partial charge in [0.15, 0.2) is 0 Å². The molecule has 3 N–H and O–H groups in total. The molecule has 20 heavy (non-hydrogen) atoms. The molecule has 4 nitrogen and oxygen atoms in total. The minimum atomic E-state index is -0.0691. The topological polar surface area (TPSA) is 64.3 Å². The van der Waals surface area contributed by atoms with Crippen LogP contribution in [0.2, 0.25) is 0 Å². The van der Waals surface area contributed by atoms with Gasteiger partial charge >= 0.3 is 0 Å². The SMILES string of the molecule is CCCCOc1ccc(C(=O)NCC(C)CN)cc1.Cl. The zero-order valence-corrected chi connectivity index (χ0v) is 13.0. The zero-order chi connectivity index (χ0) is 14.1. The third-order valence-electron chi connectivity index (χ3n) is 2.90. The van der Waals surface area contributed by atoms with Crippen LogP contribution < -0.4 is 15.8 Å². The van der Waals surface area contributed by atoms with Gasteiger partial charge in [-0.15, -0.1) is 12.4 Å². The lowest BCUT2D eigenvalue weighted by Crippen LogP contribution is -2.31. The van der Waals surface area contributed by atoms with E-state index in [9.17, 15) is 4.79 Å². The Hall–Kier alpha value is -1.26. The molecule has 0 saturated carbocycles. The van der Waals surface area contributed by atoms with E-state index >= 15 is 0 Å². The number of nitrogens with one attached hydrogen (secondary N) is 1. The smallest absolute Gasteiger partial charge is 0.251 e. The summed E-state index contributed by atoms with van der Waals surface area (Å²) in [5.74, 6) is 1.03. The van der Waals surface area contributed by atoms with Crippen molar-refractivity contribution in [1.29, 1.82) is 0 Å². The fourth-order valence-electron chi connectivity index (χ4n) is 1.49. The minimum Gasteiger partial charge on any atom is -0.494 e. The van der Waals surface area contributed by atoms with Crippen LogP contribution in [0.1, 0.15) is 37.0 Å². The maximum atomic E-state index is 11.8. The summed E-state index contributed by atoms with van der Waals surface area (Å²) in [6.45, 7) is 6.02. The van der Waals surface area contributed by atoms with Gasteiger partial charge in [0, 0.05) is 12.1 Å². The summed E-state index contributed by atoms with van der Waals surface area (Å²) >= 11 is 0. The first-order valence-electron chi connectivity index (χ1n) is 6.88. The lowest BCUT2D eigenvalue weighted by atomic mass is 10.1. The first-order valence-corrected chi connectivity index (χ1v) is 6.88. The van der Waals surface area contributed by atoms with Crippen molar-refractivity contribution < 1.29 is 9.53 Å². The van der Waals surface area contributed by atoms with Gasteiger partial charge in [-0.2, -0.15) is 0 Å². The van der Waals surface area contributed by atoms with Crippen LogP contribution in [-0.2, 0) is 0 Å². The molecule has 1 aromatic carbocycles. The van der Waals surface area contributed by atoms with E-state index < -0.39 is 0 Å². The van der Waals surface area contributed by atoms with Crippen LogP contribution >= 0.6 is 12.4 Å². The van der Waals surface area contributed by atoms with E-state index in [4.69, 9.17) is 10.5 Å². The molecular weight excluding hydrogens is 276 g/mol. The molecule has 114 valence electrons. The Morgan fingerprint density at radius 1 is 1.35 bits per heavy atom. The van der Waals surface area contributed by atoms with Crippen molar-refractivity contribution in [2.24, 2.45) is 11.7 Å². The van der Waals surface area contributed by atoms with E-state index in [2.05, 4.69) is 12.2 Å². The maximum Gasteiger partial charge on any atom is 0.251 e. The highest BCUT2D eigenvalue weighted by Crippen LogP contribution is 2.12. The van der Waals surface area contributed by atoms with Gasteiger partial charge in [0.2, 0.25) is 0 Å². The lowest BCUT2D eigenvalue weighted by Gasteiger charge is -2.10. The van der Waals surface area contributed by atoms with Gasteiger partial charge in [0.05, 0.1) is 6.61 Å². The highest BCUT2D eigenvalue weighted by Gasteiger charge is 2.07. The molecular formula is C15H25ClN2O2. The quantitative estimate of drug-likeness (QED) is 0.725. The van der Waals surface area contributed by atoms with E-state index in [0.29, 0.717) is 24.6 Å². The molecule has 0 aliphatic rings. The second-order valence-electron chi connectivity index (χ2n) is 4.78. The zero-order valence-electron chi connectivity index (χ0n) is 12.2. The lowest BCUT2D eigenvalue weighted by molar-refractivity contribution is 0.0948. The predicted molar refractivity (Wildman–Crippen MR) is 84.6 cm³/mol. The van der Waals surface area contributed by atoms with Crippen molar-refractivity contribution >= 4 is 18.3 Å². The Balaban J connectivity index is 0.00000361. The Morgan fingerprint density at radius 2 is 2.00 bits per heavy atom. The number of carbonyl (C=O) groups excluding carboxylic acids is 1. The fourth-order valence-corrected chi connectivity index (χ4v) is 1.49. The van der Waals surface area contributed by atoms with E-state index in [1.165, 1.54) is 0 Å². The monoisotopic (exact) mass is 300 g/mol. The van der Waals surface area contributed by atoms with Crippen LogP contribution in [0.25, 0.3) is 0 Å². The molecule has 0 aliphatic heterocycles. The fraction of sp³-hybridized carbons (Fsp3) is 0.533. The molecule has 0 heterocycles. The Bertz CT molecular complexity index is 382. The standard InChI is InChI=1S/C15H24N2O2.ClH/c1-3-4-9-19-14-7-5-13(6-8-14)15(18)17-11-12(2)10-16;/h5-8,12H,3-4,9-11,16H2,1-2H3,(H,17,18);1H. The number of unbranched alkanes of at least 4 members (excludes halogenated alkanes) is 1. The number of hydrogen-bond acceptors (Lipinski definition) is 3. The van der Waals surface area contributed by atoms with E-state index in [1.807, 2.05) is 19.1 Å². The number of nitrogens with two attached hydrogens (primary N) is 1. The van der Waals surface area contributed by atoms with Crippen LogP contribution in [0.3, 0.4) is 0 Å². The number of ether oxygens (including phenoxy) is 1. The third-order valence-corrected chi connectivity index (χ3v) is 2.90. The predicted octanol–water partition coefficient (Wildman–Crippen LogP) is 2.61. The molecule has 1 amide bonds. The maximum absolute atomic E-state index is 11.8. The summed E-state index contributed by atoms with van der Waals surface area (Å²) in [4.78, 5) is 11.8. The average molecular weight is 301 g/mol. The van der Waals surface area contributed by atoms with Crippen molar-refractivity contribution in [1.82, 2.24) is 5.32 Å². The van der Waals surface area contributed by atoms with Crippen molar-refractivity contribution in [2.75, 3.05) is 19.7 Å². The molecule has 0 saturated heterocycles. The summed E-state index contributed by atoms with van der Waals surface area (Å²) in [5, 5.41) is 2.86. The number of hydrogen-bond donors (Lipinski definition) is 2. The highest BCUT2D eigenvalue weighted by molar-refractivity contribution is 5.94.